The third-order valence-corrected chi connectivity index (χ3v) is 0.984. The van der Waals surface area contributed by atoms with Crippen molar-refractivity contribution in [2.24, 2.45) is 0 Å². The number of halogens is 3. The van der Waals surface area contributed by atoms with Gasteiger partial charge in [0, 0.05) is 0 Å². The van der Waals surface area contributed by atoms with Crippen molar-refractivity contribution in [1.82, 2.24) is 0 Å². The number of hydrogen-bond donors (Lipinski definition) is 0. The van der Waals surface area contributed by atoms with Crippen molar-refractivity contribution < 1.29 is 13.2 Å². The molecule has 1 atom stereocenters. The van der Waals surface area contributed by atoms with Crippen LogP contribution in [0.25, 0.3) is 0 Å². The van der Waals surface area contributed by atoms with Gasteiger partial charge in [0.15, 0.2) is 12.0 Å². The second-order valence-electron chi connectivity index (χ2n) is 2.09. The average Bonchev–Trinajstić information content (AvgIpc) is 1.84. The van der Waals surface area contributed by atoms with Crippen molar-refractivity contribution in [3.63, 3.8) is 0 Å². The van der Waals surface area contributed by atoms with E-state index in [1.54, 1.807) is 0 Å². The Morgan fingerprint density at radius 1 is 1.30 bits per heavy atom. The number of allylic oxidation sites excluding steroid dienone is 3. The molecular formula is C7H9F3. The molecule has 0 N–H and O–H groups in total. The van der Waals surface area contributed by atoms with E-state index >= 15 is 0 Å². The first-order chi connectivity index (χ1) is 4.46. The molecule has 0 aromatic rings. The highest BCUT2D eigenvalue weighted by Gasteiger charge is 2.16. The largest absolute Gasteiger partial charge is 0.235 e. The summed E-state index contributed by atoms with van der Waals surface area (Å²) in [5, 5.41) is 0. The van der Waals surface area contributed by atoms with Crippen LogP contribution in [0.1, 0.15) is 13.8 Å². The van der Waals surface area contributed by atoms with Gasteiger partial charge in [0.1, 0.15) is 5.83 Å². The quantitative estimate of drug-likeness (QED) is 0.530. The van der Waals surface area contributed by atoms with Gasteiger partial charge in [-0.05, 0) is 19.4 Å². The van der Waals surface area contributed by atoms with Gasteiger partial charge >= 0.3 is 0 Å². The van der Waals surface area contributed by atoms with Crippen molar-refractivity contribution in [3.8, 4) is 0 Å². The maximum atomic E-state index is 12.4. The monoisotopic (exact) mass is 150 g/mol. The van der Waals surface area contributed by atoms with E-state index in [1.165, 1.54) is 6.92 Å². The zero-order valence-corrected chi connectivity index (χ0v) is 5.92. The predicted octanol–water partition coefficient (Wildman–Crippen LogP) is 3.07. The highest BCUT2D eigenvalue weighted by atomic mass is 19.2. The standard InChI is InChI=1S/C7H9F3/c1-4(2)6(9)7(10)5(3)8/h6H,1H2,2-3H3. The Hall–Kier alpha value is -0.730. The second-order valence-corrected chi connectivity index (χ2v) is 2.09. The third kappa shape index (κ3) is 2.25. The van der Waals surface area contributed by atoms with Crippen LogP contribution in [0.2, 0.25) is 0 Å². The molecule has 0 rings (SSSR count). The zero-order valence-electron chi connectivity index (χ0n) is 5.92. The van der Waals surface area contributed by atoms with Crippen LogP contribution in [0.4, 0.5) is 13.2 Å². The Morgan fingerprint density at radius 2 is 1.70 bits per heavy atom. The van der Waals surface area contributed by atoms with Crippen LogP contribution in [0.15, 0.2) is 23.8 Å². The Balaban J connectivity index is 4.37. The summed E-state index contributed by atoms with van der Waals surface area (Å²) in [6.07, 6.45) is -2.00. The summed E-state index contributed by atoms with van der Waals surface area (Å²) in [5.74, 6) is -2.51. The minimum atomic E-state index is -2.00. The van der Waals surface area contributed by atoms with Crippen molar-refractivity contribution >= 4 is 0 Å². The molecule has 10 heavy (non-hydrogen) atoms. The van der Waals surface area contributed by atoms with Crippen LogP contribution in [0.3, 0.4) is 0 Å². The van der Waals surface area contributed by atoms with E-state index in [0.717, 1.165) is 6.92 Å². The lowest BCUT2D eigenvalue weighted by Crippen LogP contribution is -2.02. The van der Waals surface area contributed by atoms with E-state index in [0.29, 0.717) is 0 Å². The average molecular weight is 150 g/mol. The molecule has 0 spiro atoms. The number of rotatable bonds is 2. The van der Waals surface area contributed by atoms with Crippen LogP contribution >= 0.6 is 0 Å². The van der Waals surface area contributed by atoms with Gasteiger partial charge in [-0.2, -0.15) is 0 Å². The molecule has 58 valence electrons. The fourth-order valence-electron chi connectivity index (χ4n) is 0.391. The third-order valence-electron chi connectivity index (χ3n) is 0.984. The van der Waals surface area contributed by atoms with Crippen molar-refractivity contribution in [2.45, 2.75) is 20.0 Å². The Labute approximate surface area is 58.0 Å². The fraction of sp³-hybridized carbons (Fsp3) is 0.429. The van der Waals surface area contributed by atoms with Gasteiger partial charge in [-0.15, -0.1) is 0 Å². The predicted molar refractivity (Wildman–Crippen MR) is 34.6 cm³/mol. The van der Waals surface area contributed by atoms with Crippen LogP contribution in [-0.2, 0) is 0 Å². The number of alkyl halides is 1. The molecule has 0 aromatic heterocycles. The van der Waals surface area contributed by atoms with E-state index in [-0.39, 0.29) is 5.57 Å². The SMILES string of the molecule is C=C(C)C(F)C(F)=C(C)F. The minimum absolute atomic E-state index is 0.0329. The van der Waals surface area contributed by atoms with Crippen LogP contribution < -0.4 is 0 Å². The van der Waals surface area contributed by atoms with E-state index < -0.39 is 17.8 Å². The van der Waals surface area contributed by atoms with Gasteiger partial charge in [-0.1, -0.05) is 6.58 Å². The summed E-state index contributed by atoms with van der Waals surface area (Å²) < 4.78 is 36.6. The summed E-state index contributed by atoms with van der Waals surface area (Å²) >= 11 is 0. The van der Waals surface area contributed by atoms with E-state index in [4.69, 9.17) is 0 Å². The molecule has 0 aliphatic heterocycles. The molecule has 0 nitrogen and oxygen atoms in total. The molecule has 0 aromatic carbocycles. The van der Waals surface area contributed by atoms with Crippen LogP contribution in [0.5, 0.6) is 0 Å². The second kappa shape index (κ2) is 3.44. The van der Waals surface area contributed by atoms with Crippen LogP contribution in [0, 0.1) is 0 Å². The van der Waals surface area contributed by atoms with E-state index in [9.17, 15) is 13.2 Å². The molecule has 0 saturated heterocycles. The normalized spacial score (nSPS) is 16.1. The lowest BCUT2D eigenvalue weighted by atomic mass is 10.2. The smallest absolute Gasteiger partial charge is 0.174 e. The summed E-state index contributed by atoms with van der Waals surface area (Å²) in [6.45, 7) is 5.31. The number of hydrogen-bond acceptors (Lipinski definition) is 0. The molecule has 0 fully saturated rings. The molecule has 0 amide bonds. The Kier molecular flexibility index (Phi) is 3.19. The molecule has 0 saturated carbocycles. The van der Waals surface area contributed by atoms with Crippen molar-refractivity contribution in [2.75, 3.05) is 0 Å². The van der Waals surface area contributed by atoms with Crippen molar-refractivity contribution in [1.29, 1.82) is 0 Å². The van der Waals surface area contributed by atoms with Gasteiger partial charge < -0.3 is 0 Å². The summed E-state index contributed by atoms with van der Waals surface area (Å²) in [5.41, 5.74) is -0.0329. The molecule has 3 heteroatoms. The van der Waals surface area contributed by atoms with E-state index in [1.807, 2.05) is 0 Å². The highest BCUT2D eigenvalue weighted by molar-refractivity contribution is 5.15. The molecule has 0 radical (unpaired) electrons. The minimum Gasteiger partial charge on any atom is -0.235 e. The lowest BCUT2D eigenvalue weighted by molar-refractivity contribution is 0.349. The first kappa shape index (κ1) is 9.27. The molecular weight excluding hydrogens is 141 g/mol. The van der Waals surface area contributed by atoms with Crippen LogP contribution in [-0.4, -0.2) is 6.17 Å². The molecule has 0 aliphatic rings. The van der Waals surface area contributed by atoms with Gasteiger partial charge in [0.2, 0.25) is 0 Å². The Morgan fingerprint density at radius 3 is 1.80 bits per heavy atom. The van der Waals surface area contributed by atoms with Gasteiger partial charge in [0.25, 0.3) is 0 Å². The van der Waals surface area contributed by atoms with Crippen molar-refractivity contribution in [3.05, 3.63) is 23.8 Å². The summed E-state index contributed by atoms with van der Waals surface area (Å²) in [6, 6.07) is 0. The Bertz CT molecular complexity index is 166. The maximum absolute atomic E-state index is 12.4. The first-order valence-electron chi connectivity index (χ1n) is 2.78. The molecule has 0 aliphatic carbocycles. The maximum Gasteiger partial charge on any atom is 0.174 e. The van der Waals surface area contributed by atoms with Gasteiger partial charge in [0.05, 0.1) is 0 Å². The lowest BCUT2D eigenvalue weighted by Gasteiger charge is -2.03. The molecule has 1 unspecified atom stereocenters. The zero-order chi connectivity index (χ0) is 8.31. The van der Waals surface area contributed by atoms with E-state index in [2.05, 4.69) is 6.58 Å². The summed E-state index contributed by atoms with van der Waals surface area (Å²) in [7, 11) is 0. The van der Waals surface area contributed by atoms with Gasteiger partial charge in [-0.25, -0.2) is 13.2 Å². The fourth-order valence-corrected chi connectivity index (χ4v) is 0.391. The molecule has 0 bridgehead atoms. The highest BCUT2D eigenvalue weighted by Crippen LogP contribution is 2.19. The van der Waals surface area contributed by atoms with Gasteiger partial charge in [-0.3, -0.25) is 0 Å². The first-order valence-corrected chi connectivity index (χ1v) is 2.78. The topological polar surface area (TPSA) is 0 Å². The molecule has 0 heterocycles. The summed E-state index contributed by atoms with van der Waals surface area (Å²) in [4.78, 5) is 0.